The van der Waals surface area contributed by atoms with Gasteiger partial charge in [0.2, 0.25) is 10.0 Å². The second kappa shape index (κ2) is 4.95. The summed E-state index contributed by atoms with van der Waals surface area (Å²) < 4.78 is 25.7. The molecular formula is C11H18N2O2S. The highest BCUT2D eigenvalue weighted by Crippen LogP contribution is 2.21. The van der Waals surface area contributed by atoms with Gasteiger partial charge in [-0.05, 0) is 36.2 Å². The lowest BCUT2D eigenvalue weighted by atomic mass is 10.0. The van der Waals surface area contributed by atoms with Crippen molar-refractivity contribution in [3.05, 3.63) is 29.3 Å². The number of nitrogens with one attached hydrogen (secondary N) is 1. The van der Waals surface area contributed by atoms with E-state index in [9.17, 15) is 8.42 Å². The van der Waals surface area contributed by atoms with Crippen molar-refractivity contribution in [2.45, 2.75) is 31.2 Å². The highest BCUT2D eigenvalue weighted by molar-refractivity contribution is 7.89. The van der Waals surface area contributed by atoms with E-state index in [0.29, 0.717) is 6.54 Å². The van der Waals surface area contributed by atoms with Crippen LogP contribution < -0.4 is 10.5 Å². The van der Waals surface area contributed by atoms with Crippen LogP contribution in [0.15, 0.2) is 23.1 Å². The quantitative estimate of drug-likeness (QED) is 0.832. The summed E-state index contributed by atoms with van der Waals surface area (Å²) in [6, 6.07) is 5.24. The maximum Gasteiger partial charge on any atom is 0.240 e. The Kier molecular flexibility index (Phi) is 4.07. The topological polar surface area (TPSA) is 72.2 Å². The van der Waals surface area contributed by atoms with Crippen molar-refractivity contribution < 1.29 is 8.42 Å². The zero-order valence-electron chi connectivity index (χ0n) is 9.82. The molecule has 0 atom stereocenters. The Bertz CT molecular complexity index is 467. The van der Waals surface area contributed by atoms with Gasteiger partial charge in [-0.25, -0.2) is 13.1 Å². The molecule has 0 amide bonds. The first-order valence-electron chi connectivity index (χ1n) is 5.18. The van der Waals surface area contributed by atoms with Crippen LogP contribution >= 0.6 is 0 Å². The molecule has 0 spiro atoms. The van der Waals surface area contributed by atoms with Gasteiger partial charge in [-0.2, -0.15) is 0 Å². The summed E-state index contributed by atoms with van der Waals surface area (Å²) in [6.45, 7) is 4.38. The van der Waals surface area contributed by atoms with Gasteiger partial charge in [0.25, 0.3) is 0 Å². The predicted octanol–water partition coefficient (Wildman–Crippen LogP) is 1.18. The second-order valence-corrected chi connectivity index (χ2v) is 5.86. The van der Waals surface area contributed by atoms with Crippen LogP contribution in [0.3, 0.4) is 0 Å². The first kappa shape index (κ1) is 13.2. The van der Waals surface area contributed by atoms with E-state index in [2.05, 4.69) is 4.72 Å². The molecule has 0 fully saturated rings. The highest BCUT2D eigenvalue weighted by atomic mass is 32.2. The van der Waals surface area contributed by atoms with Crippen LogP contribution in [-0.4, -0.2) is 15.5 Å². The Labute approximate surface area is 96.9 Å². The number of benzene rings is 1. The largest absolute Gasteiger partial charge is 0.326 e. The van der Waals surface area contributed by atoms with E-state index in [1.165, 1.54) is 7.05 Å². The van der Waals surface area contributed by atoms with E-state index in [4.69, 9.17) is 5.73 Å². The lowest BCUT2D eigenvalue weighted by Crippen LogP contribution is -2.19. The van der Waals surface area contributed by atoms with Gasteiger partial charge in [0.1, 0.15) is 0 Å². The standard InChI is InChI=1S/C11H18N2O2S/c1-8(2)10-4-9(7-12)5-11(6-10)16(14,15)13-3/h4-6,8,13H,7,12H2,1-3H3. The molecule has 0 saturated carbocycles. The molecule has 0 bridgehead atoms. The molecule has 1 rings (SSSR count). The van der Waals surface area contributed by atoms with Crippen LogP contribution in [0, 0.1) is 0 Å². The summed E-state index contributed by atoms with van der Waals surface area (Å²) >= 11 is 0. The molecule has 1 aromatic carbocycles. The molecule has 0 radical (unpaired) electrons. The van der Waals surface area contributed by atoms with Crippen molar-refractivity contribution >= 4 is 10.0 Å². The first-order chi connectivity index (χ1) is 7.40. The van der Waals surface area contributed by atoms with Gasteiger partial charge in [-0.3, -0.25) is 0 Å². The Morgan fingerprint density at radius 3 is 2.38 bits per heavy atom. The number of rotatable bonds is 4. The summed E-state index contributed by atoms with van der Waals surface area (Å²) in [5, 5.41) is 0. The fourth-order valence-corrected chi connectivity index (χ4v) is 2.24. The van der Waals surface area contributed by atoms with Gasteiger partial charge in [0.05, 0.1) is 4.90 Å². The fourth-order valence-electron chi connectivity index (χ4n) is 1.41. The number of hydrogen-bond acceptors (Lipinski definition) is 3. The lowest BCUT2D eigenvalue weighted by molar-refractivity contribution is 0.588. The molecule has 90 valence electrons. The van der Waals surface area contributed by atoms with Crippen molar-refractivity contribution in [2.75, 3.05) is 7.05 Å². The minimum absolute atomic E-state index is 0.275. The average molecular weight is 242 g/mol. The third-order valence-electron chi connectivity index (χ3n) is 2.47. The molecule has 0 heterocycles. The van der Waals surface area contributed by atoms with E-state index in [0.717, 1.165) is 11.1 Å². The molecule has 3 N–H and O–H groups in total. The molecule has 0 unspecified atom stereocenters. The van der Waals surface area contributed by atoms with Crippen LogP contribution in [0.1, 0.15) is 30.9 Å². The molecule has 0 aliphatic rings. The molecule has 0 saturated heterocycles. The first-order valence-corrected chi connectivity index (χ1v) is 6.66. The molecule has 0 aromatic heterocycles. The van der Waals surface area contributed by atoms with Crippen molar-refractivity contribution in [2.24, 2.45) is 5.73 Å². The lowest BCUT2D eigenvalue weighted by Gasteiger charge is -2.11. The van der Waals surface area contributed by atoms with Gasteiger partial charge >= 0.3 is 0 Å². The second-order valence-electron chi connectivity index (χ2n) is 3.98. The van der Waals surface area contributed by atoms with Crippen molar-refractivity contribution in [1.29, 1.82) is 0 Å². The Balaban J connectivity index is 3.36. The summed E-state index contributed by atoms with van der Waals surface area (Å²) in [4.78, 5) is 0.279. The third kappa shape index (κ3) is 2.81. The molecule has 16 heavy (non-hydrogen) atoms. The Morgan fingerprint density at radius 2 is 1.94 bits per heavy atom. The third-order valence-corrected chi connectivity index (χ3v) is 3.86. The smallest absolute Gasteiger partial charge is 0.240 e. The van der Waals surface area contributed by atoms with Crippen LogP contribution in [0.25, 0.3) is 0 Å². The van der Waals surface area contributed by atoms with Crippen molar-refractivity contribution in [3.63, 3.8) is 0 Å². The number of sulfonamides is 1. The molecule has 1 aromatic rings. The van der Waals surface area contributed by atoms with Gasteiger partial charge in [-0.1, -0.05) is 19.9 Å². The summed E-state index contributed by atoms with van der Waals surface area (Å²) in [7, 11) is -1.99. The van der Waals surface area contributed by atoms with Crippen molar-refractivity contribution in [1.82, 2.24) is 4.72 Å². The van der Waals surface area contributed by atoms with E-state index in [-0.39, 0.29) is 10.8 Å². The fraction of sp³-hybridized carbons (Fsp3) is 0.455. The zero-order valence-corrected chi connectivity index (χ0v) is 10.6. The van der Waals surface area contributed by atoms with Gasteiger partial charge in [0, 0.05) is 6.54 Å². The minimum atomic E-state index is -3.39. The SMILES string of the molecule is CNS(=O)(=O)c1cc(CN)cc(C(C)C)c1. The molecular weight excluding hydrogens is 224 g/mol. The monoisotopic (exact) mass is 242 g/mol. The predicted molar refractivity (Wildman–Crippen MR) is 64.7 cm³/mol. The summed E-state index contributed by atoms with van der Waals surface area (Å²) in [5.74, 6) is 0.275. The van der Waals surface area contributed by atoms with Gasteiger partial charge in [-0.15, -0.1) is 0 Å². The molecule has 0 aliphatic carbocycles. The maximum atomic E-state index is 11.7. The van der Waals surface area contributed by atoms with Gasteiger partial charge < -0.3 is 5.73 Å². The van der Waals surface area contributed by atoms with E-state index in [1.807, 2.05) is 19.9 Å². The van der Waals surface area contributed by atoms with E-state index >= 15 is 0 Å². The average Bonchev–Trinajstić information content (AvgIpc) is 2.28. The van der Waals surface area contributed by atoms with Crippen LogP contribution in [0.5, 0.6) is 0 Å². The zero-order chi connectivity index (χ0) is 12.3. The van der Waals surface area contributed by atoms with Crippen LogP contribution in [0.2, 0.25) is 0 Å². The van der Waals surface area contributed by atoms with Crippen LogP contribution in [-0.2, 0) is 16.6 Å². The number of nitrogens with two attached hydrogens (primary N) is 1. The van der Waals surface area contributed by atoms with Crippen LogP contribution in [0.4, 0.5) is 0 Å². The summed E-state index contributed by atoms with van der Waals surface area (Å²) in [6.07, 6.45) is 0. The Hall–Kier alpha value is -0.910. The normalized spacial score (nSPS) is 12.1. The highest BCUT2D eigenvalue weighted by Gasteiger charge is 2.14. The van der Waals surface area contributed by atoms with E-state index in [1.54, 1.807) is 12.1 Å². The van der Waals surface area contributed by atoms with Crippen molar-refractivity contribution in [3.8, 4) is 0 Å². The molecule has 0 aliphatic heterocycles. The Morgan fingerprint density at radius 1 is 1.31 bits per heavy atom. The minimum Gasteiger partial charge on any atom is -0.326 e. The number of hydrogen-bond donors (Lipinski definition) is 2. The summed E-state index contributed by atoms with van der Waals surface area (Å²) in [5.41, 5.74) is 7.37. The molecule has 4 nitrogen and oxygen atoms in total. The van der Waals surface area contributed by atoms with E-state index < -0.39 is 10.0 Å². The maximum absolute atomic E-state index is 11.7. The molecule has 5 heteroatoms. The van der Waals surface area contributed by atoms with Gasteiger partial charge in [0.15, 0.2) is 0 Å².